The molecule has 0 radical (unpaired) electrons. The summed E-state index contributed by atoms with van der Waals surface area (Å²) in [7, 11) is -2.12. The predicted molar refractivity (Wildman–Crippen MR) is 118 cm³/mol. The number of benzene rings is 2. The standard InChI is InChI=1S/C22H26BNO6S/c1-13(2)20(22(26)29-11-15-5-8-17(9-6-15)31(4)28)24-21(25)18-10-7-16-12-30-23(27)19(16)14(18)3/h5-10,13,20,27H,11-12H2,1-4H3,(H,24,25). The first-order valence-corrected chi connectivity index (χ1v) is 11.6. The molecule has 2 aromatic rings. The highest BCUT2D eigenvalue weighted by atomic mass is 32.2. The van der Waals surface area contributed by atoms with Crippen LogP contribution in [-0.2, 0) is 38.2 Å². The van der Waals surface area contributed by atoms with E-state index in [1.807, 2.05) is 13.8 Å². The zero-order valence-electron chi connectivity index (χ0n) is 18.0. The average molecular weight is 443 g/mol. The molecule has 0 bridgehead atoms. The van der Waals surface area contributed by atoms with Crippen LogP contribution in [0.2, 0.25) is 0 Å². The van der Waals surface area contributed by atoms with Gasteiger partial charge in [0.2, 0.25) is 0 Å². The normalized spacial score (nSPS) is 14.8. The molecule has 1 heterocycles. The van der Waals surface area contributed by atoms with E-state index >= 15 is 0 Å². The van der Waals surface area contributed by atoms with E-state index in [9.17, 15) is 18.8 Å². The van der Waals surface area contributed by atoms with Crippen LogP contribution in [0.25, 0.3) is 0 Å². The van der Waals surface area contributed by atoms with Gasteiger partial charge in [0.25, 0.3) is 5.91 Å². The highest BCUT2D eigenvalue weighted by molar-refractivity contribution is 7.84. The Bertz CT molecular complexity index is 1010. The van der Waals surface area contributed by atoms with E-state index in [2.05, 4.69) is 5.32 Å². The maximum absolute atomic E-state index is 12.9. The van der Waals surface area contributed by atoms with Crippen LogP contribution in [0.3, 0.4) is 0 Å². The Morgan fingerprint density at radius 2 is 1.90 bits per heavy atom. The molecule has 0 aromatic heterocycles. The van der Waals surface area contributed by atoms with Crippen LogP contribution in [0.15, 0.2) is 41.3 Å². The van der Waals surface area contributed by atoms with Gasteiger partial charge in [-0.2, -0.15) is 0 Å². The molecular formula is C22H26BNO6S. The first-order chi connectivity index (χ1) is 14.7. The van der Waals surface area contributed by atoms with Crippen molar-refractivity contribution in [1.82, 2.24) is 5.32 Å². The Labute approximate surface area is 184 Å². The molecule has 9 heteroatoms. The number of rotatable bonds is 7. The monoisotopic (exact) mass is 443 g/mol. The maximum atomic E-state index is 12.9. The van der Waals surface area contributed by atoms with Crippen molar-refractivity contribution in [2.45, 2.75) is 44.9 Å². The van der Waals surface area contributed by atoms with Crippen LogP contribution in [0, 0.1) is 12.8 Å². The van der Waals surface area contributed by atoms with E-state index in [0.717, 1.165) is 11.1 Å². The Morgan fingerprint density at radius 3 is 2.52 bits per heavy atom. The van der Waals surface area contributed by atoms with Crippen LogP contribution >= 0.6 is 0 Å². The van der Waals surface area contributed by atoms with Gasteiger partial charge in [0, 0.05) is 27.5 Å². The van der Waals surface area contributed by atoms with Gasteiger partial charge < -0.3 is 19.7 Å². The Kier molecular flexibility index (Phi) is 7.30. The predicted octanol–water partition coefficient (Wildman–Crippen LogP) is 1.45. The summed E-state index contributed by atoms with van der Waals surface area (Å²) in [5.41, 5.74) is 3.22. The zero-order valence-corrected chi connectivity index (χ0v) is 18.8. The summed E-state index contributed by atoms with van der Waals surface area (Å²) in [4.78, 5) is 26.3. The first kappa shape index (κ1) is 23.2. The van der Waals surface area contributed by atoms with Crippen molar-refractivity contribution >= 4 is 35.3 Å². The molecule has 0 aliphatic carbocycles. The van der Waals surface area contributed by atoms with Crippen molar-refractivity contribution in [2.75, 3.05) is 6.26 Å². The van der Waals surface area contributed by atoms with Crippen molar-refractivity contribution in [2.24, 2.45) is 5.92 Å². The van der Waals surface area contributed by atoms with Gasteiger partial charge in [-0.15, -0.1) is 0 Å². The molecule has 0 fully saturated rings. The molecular weight excluding hydrogens is 417 g/mol. The molecule has 7 nitrogen and oxygen atoms in total. The summed E-state index contributed by atoms with van der Waals surface area (Å²) in [5, 5.41) is 12.8. The number of esters is 1. The fraction of sp³-hybridized carbons (Fsp3) is 0.364. The molecule has 2 unspecified atom stereocenters. The Morgan fingerprint density at radius 1 is 1.23 bits per heavy atom. The van der Waals surface area contributed by atoms with Crippen LogP contribution in [0.4, 0.5) is 0 Å². The fourth-order valence-corrected chi connectivity index (χ4v) is 4.01. The molecule has 0 saturated carbocycles. The minimum absolute atomic E-state index is 0.0515. The summed E-state index contributed by atoms with van der Waals surface area (Å²) in [6, 6.07) is 9.58. The number of ether oxygens (including phenoxy) is 1. The third kappa shape index (κ3) is 5.23. The van der Waals surface area contributed by atoms with Crippen molar-refractivity contribution in [3.63, 3.8) is 0 Å². The second-order valence-corrected chi connectivity index (χ2v) is 9.25. The van der Waals surface area contributed by atoms with E-state index in [4.69, 9.17) is 9.39 Å². The molecule has 1 aliphatic rings. The molecule has 1 aliphatic heterocycles. The van der Waals surface area contributed by atoms with Gasteiger partial charge in [-0.05, 0) is 53.2 Å². The second kappa shape index (κ2) is 9.76. The summed E-state index contributed by atoms with van der Waals surface area (Å²) in [6.07, 6.45) is 1.60. The van der Waals surface area contributed by atoms with Gasteiger partial charge in [-0.1, -0.05) is 32.0 Å². The van der Waals surface area contributed by atoms with E-state index in [-0.39, 0.29) is 12.5 Å². The molecule has 1 amide bonds. The van der Waals surface area contributed by atoms with Crippen LogP contribution in [0.5, 0.6) is 0 Å². The number of hydrogen-bond donors (Lipinski definition) is 2. The van der Waals surface area contributed by atoms with E-state index in [1.165, 1.54) is 0 Å². The molecule has 0 saturated heterocycles. The lowest BCUT2D eigenvalue weighted by Gasteiger charge is -2.22. The topological polar surface area (TPSA) is 102 Å². The summed E-state index contributed by atoms with van der Waals surface area (Å²) in [5.74, 6) is -1.14. The van der Waals surface area contributed by atoms with Gasteiger partial charge >= 0.3 is 13.1 Å². The average Bonchev–Trinajstić information content (AvgIpc) is 3.12. The highest BCUT2D eigenvalue weighted by Crippen LogP contribution is 2.17. The lowest BCUT2D eigenvalue weighted by molar-refractivity contribution is -0.148. The molecule has 164 valence electrons. The van der Waals surface area contributed by atoms with Crippen molar-refractivity contribution in [3.05, 3.63) is 58.7 Å². The minimum atomic E-state index is -1.07. The number of hydrogen-bond acceptors (Lipinski definition) is 6. The van der Waals surface area contributed by atoms with Crippen LogP contribution in [-0.4, -0.2) is 40.5 Å². The lowest BCUT2D eigenvalue weighted by Crippen LogP contribution is -2.46. The third-order valence-electron chi connectivity index (χ3n) is 5.34. The lowest BCUT2D eigenvalue weighted by atomic mass is 9.75. The minimum Gasteiger partial charge on any atom is -0.459 e. The Balaban J connectivity index is 1.68. The molecule has 3 rings (SSSR count). The number of nitrogens with one attached hydrogen (secondary N) is 1. The second-order valence-electron chi connectivity index (χ2n) is 7.88. The fourth-order valence-electron chi connectivity index (χ4n) is 3.49. The number of amides is 1. The van der Waals surface area contributed by atoms with Crippen molar-refractivity contribution in [1.29, 1.82) is 0 Å². The summed E-state index contributed by atoms with van der Waals surface area (Å²) < 4.78 is 22.1. The molecule has 2 aromatic carbocycles. The SMILES string of the molecule is Cc1c(C(=O)NC(C(=O)OCc2ccc(S(C)=O)cc2)C(C)C)ccc2c1B(O)OC2. The van der Waals surface area contributed by atoms with Crippen molar-refractivity contribution in [3.8, 4) is 0 Å². The van der Waals surface area contributed by atoms with Gasteiger partial charge in [-0.25, -0.2) is 4.79 Å². The van der Waals surface area contributed by atoms with Crippen LogP contribution in [0.1, 0.15) is 40.9 Å². The first-order valence-electron chi connectivity index (χ1n) is 10.0. The summed E-state index contributed by atoms with van der Waals surface area (Å²) >= 11 is 0. The van der Waals surface area contributed by atoms with E-state index < -0.39 is 35.8 Å². The van der Waals surface area contributed by atoms with Gasteiger partial charge in [0.1, 0.15) is 12.6 Å². The molecule has 2 N–H and O–H groups in total. The maximum Gasteiger partial charge on any atom is 0.492 e. The van der Waals surface area contributed by atoms with E-state index in [0.29, 0.717) is 28.1 Å². The quantitative estimate of drug-likeness (QED) is 0.496. The van der Waals surface area contributed by atoms with Crippen LogP contribution < -0.4 is 10.8 Å². The highest BCUT2D eigenvalue weighted by Gasteiger charge is 2.32. The number of fused-ring (bicyclic) bond motifs is 1. The van der Waals surface area contributed by atoms with Gasteiger partial charge in [0.15, 0.2) is 0 Å². The van der Waals surface area contributed by atoms with E-state index in [1.54, 1.807) is 49.6 Å². The largest absolute Gasteiger partial charge is 0.492 e. The molecule has 31 heavy (non-hydrogen) atoms. The van der Waals surface area contributed by atoms with Gasteiger partial charge in [-0.3, -0.25) is 9.00 Å². The number of carbonyl (C=O) groups is 2. The number of carbonyl (C=O) groups excluding carboxylic acids is 2. The zero-order chi connectivity index (χ0) is 22.7. The Hall–Kier alpha value is -2.49. The molecule has 0 spiro atoms. The van der Waals surface area contributed by atoms with Crippen molar-refractivity contribution < 1.29 is 28.2 Å². The van der Waals surface area contributed by atoms with Gasteiger partial charge in [0.05, 0.1) is 6.61 Å². The summed E-state index contributed by atoms with van der Waals surface area (Å²) in [6.45, 7) is 5.75. The third-order valence-corrected chi connectivity index (χ3v) is 6.27. The smallest absolute Gasteiger partial charge is 0.459 e. The molecule has 2 atom stereocenters.